The van der Waals surface area contributed by atoms with Gasteiger partial charge >= 0.3 is 12.3 Å². The van der Waals surface area contributed by atoms with E-state index in [0.29, 0.717) is 0 Å². The van der Waals surface area contributed by atoms with Crippen LogP contribution in [-0.4, -0.2) is 0 Å². The number of allylic oxidation sites excluding steroid dienone is 1. The Morgan fingerprint density at radius 1 is 1.50 bits per heavy atom. The molecule has 0 rings (SSSR count). The van der Waals surface area contributed by atoms with Gasteiger partial charge in [0, 0.05) is 0 Å². The maximum atomic E-state index is 10.8. The van der Waals surface area contributed by atoms with Crippen molar-refractivity contribution in [2.45, 2.75) is 0 Å². The lowest BCUT2D eigenvalue weighted by Crippen LogP contribution is -1.72. The average molecular weight is 95.0 g/mol. The molecule has 0 bridgehead atoms. The molecule has 6 heavy (non-hydrogen) atoms. The van der Waals surface area contributed by atoms with Gasteiger partial charge in [0.1, 0.15) is 0 Å². The molecule has 0 atom stereocenters. The van der Waals surface area contributed by atoms with Crippen LogP contribution in [0, 0.1) is 6.43 Å². The molecule has 0 heterocycles. The lowest BCUT2D eigenvalue weighted by Gasteiger charge is -1.68. The zero-order valence-electron chi connectivity index (χ0n) is 2.84. The van der Waals surface area contributed by atoms with Crippen LogP contribution in [0.5, 0.6) is 0 Å². The quantitative estimate of drug-likeness (QED) is 0.436. The third-order valence-corrected chi connectivity index (χ3v) is 0.205. The van der Waals surface area contributed by atoms with Crippen molar-refractivity contribution in [2.75, 3.05) is 0 Å². The first kappa shape index (κ1) is 5.40. The Labute approximate surface area is 33.3 Å². The molecule has 0 unspecified atom stereocenters. The van der Waals surface area contributed by atoms with E-state index in [2.05, 4.69) is 6.58 Å². The van der Waals surface area contributed by atoms with Crippen molar-refractivity contribution in [1.29, 1.82) is 0 Å². The highest BCUT2D eigenvalue weighted by atomic mass is 19.3. The zero-order valence-corrected chi connectivity index (χ0v) is 2.84. The normalized spacial score (nSPS) is 7.83. The van der Waals surface area contributed by atoms with Crippen molar-refractivity contribution < 1.29 is 13.2 Å². The number of hydrogen-bond acceptors (Lipinski definition) is 0. The van der Waals surface area contributed by atoms with E-state index >= 15 is 0 Å². The van der Waals surface area contributed by atoms with Gasteiger partial charge in [-0.3, -0.25) is 0 Å². The molecule has 0 radical (unpaired) electrons. The van der Waals surface area contributed by atoms with E-state index < -0.39 is 12.3 Å². The molecule has 0 spiro atoms. The third-order valence-electron chi connectivity index (χ3n) is 0.205. The van der Waals surface area contributed by atoms with Crippen LogP contribution in [0.25, 0.3) is 0 Å². The van der Waals surface area contributed by atoms with Crippen molar-refractivity contribution in [3.63, 3.8) is 0 Å². The Morgan fingerprint density at radius 2 is 1.67 bits per heavy atom. The third kappa shape index (κ3) is 1.69. The summed E-state index contributed by atoms with van der Waals surface area (Å²) >= 11 is 0. The average Bonchev–Trinajstić information content (AvgIpc) is 1.36. The lowest BCUT2D eigenvalue weighted by atomic mass is 10.6. The summed E-state index contributed by atoms with van der Waals surface area (Å²) in [5, 5.41) is 0. The Morgan fingerprint density at radius 3 is 1.67 bits per heavy atom. The van der Waals surface area contributed by atoms with Crippen LogP contribution in [0.15, 0.2) is 12.4 Å². The second-order valence-electron chi connectivity index (χ2n) is 0.665. The smallest absolute Gasteiger partial charge is 0.153 e. The van der Waals surface area contributed by atoms with Gasteiger partial charge in [0.15, 0.2) is 0 Å². The minimum absolute atomic E-state index is 1.66. The minimum Gasteiger partial charge on any atom is -0.153 e. The SMILES string of the molecule is C=C(F)[C+](F)F. The minimum atomic E-state index is -2.35. The van der Waals surface area contributed by atoms with Gasteiger partial charge in [0.2, 0.25) is 0 Å². The summed E-state index contributed by atoms with van der Waals surface area (Å²) in [6, 6.07) is 0. The van der Waals surface area contributed by atoms with Crippen LogP contribution in [0.3, 0.4) is 0 Å². The van der Waals surface area contributed by atoms with Gasteiger partial charge in [-0.1, -0.05) is 0 Å². The first-order valence-corrected chi connectivity index (χ1v) is 1.17. The van der Waals surface area contributed by atoms with E-state index in [4.69, 9.17) is 0 Å². The van der Waals surface area contributed by atoms with Gasteiger partial charge in [-0.05, 0) is 8.78 Å². The molecule has 0 nitrogen and oxygen atoms in total. The van der Waals surface area contributed by atoms with Crippen LogP contribution in [0.1, 0.15) is 0 Å². The van der Waals surface area contributed by atoms with Crippen LogP contribution >= 0.6 is 0 Å². The van der Waals surface area contributed by atoms with E-state index in [1.165, 1.54) is 0 Å². The van der Waals surface area contributed by atoms with Crippen molar-refractivity contribution in [3.8, 4) is 0 Å². The highest BCUT2D eigenvalue weighted by Gasteiger charge is 2.19. The maximum absolute atomic E-state index is 10.8. The first-order chi connectivity index (χ1) is 2.64. The summed E-state index contributed by atoms with van der Waals surface area (Å²) in [4.78, 5) is 0. The second kappa shape index (κ2) is 1.74. The van der Waals surface area contributed by atoms with Crippen molar-refractivity contribution in [3.05, 3.63) is 18.8 Å². The highest BCUT2D eigenvalue weighted by molar-refractivity contribution is 4.96. The van der Waals surface area contributed by atoms with Gasteiger partial charge in [-0.2, -0.15) is 4.39 Å². The summed E-state index contributed by atoms with van der Waals surface area (Å²) in [6.07, 6.45) is -2.35. The van der Waals surface area contributed by atoms with Crippen molar-refractivity contribution >= 4 is 0 Å². The molecule has 0 saturated heterocycles. The predicted molar refractivity (Wildman–Crippen MR) is 15.7 cm³/mol. The Balaban J connectivity index is 3.26. The first-order valence-electron chi connectivity index (χ1n) is 1.17. The molecule has 0 aliphatic carbocycles. The number of rotatable bonds is 1. The van der Waals surface area contributed by atoms with E-state index in [1.807, 2.05) is 0 Å². The standard InChI is InChI=1S/C3H2F3/c1-2(4)3(5)6/h1H2/q+1. The fourth-order valence-corrected chi connectivity index (χ4v) is 0. The molecule has 0 aromatic heterocycles. The van der Waals surface area contributed by atoms with Crippen LogP contribution in [-0.2, 0) is 0 Å². The molecule has 0 aliphatic heterocycles. The fraction of sp³-hybridized carbons (Fsp3) is 0. The molecule has 3 heteroatoms. The number of halogens is 3. The summed E-state index contributed by atoms with van der Waals surface area (Å²) in [5.41, 5.74) is 0. The monoisotopic (exact) mass is 95.0 g/mol. The van der Waals surface area contributed by atoms with Crippen LogP contribution in [0.4, 0.5) is 13.2 Å². The zero-order chi connectivity index (χ0) is 5.15. The molecule has 0 aliphatic rings. The van der Waals surface area contributed by atoms with Gasteiger partial charge < -0.3 is 0 Å². The molecular formula is C3H2F3+. The molecular weight excluding hydrogens is 93.0 g/mol. The van der Waals surface area contributed by atoms with Crippen LogP contribution in [0.2, 0.25) is 0 Å². The molecule has 0 saturated carbocycles. The highest BCUT2D eigenvalue weighted by Crippen LogP contribution is 2.13. The Hall–Kier alpha value is -0.600. The van der Waals surface area contributed by atoms with Gasteiger partial charge in [-0.15, -0.1) is 0 Å². The van der Waals surface area contributed by atoms with Crippen molar-refractivity contribution in [2.24, 2.45) is 0 Å². The molecule has 0 N–H and O–H groups in total. The predicted octanol–water partition coefficient (Wildman–Crippen LogP) is 1.90. The maximum Gasteiger partial charge on any atom is 0.456 e. The van der Waals surface area contributed by atoms with E-state index in [9.17, 15) is 13.2 Å². The second-order valence-corrected chi connectivity index (χ2v) is 0.665. The van der Waals surface area contributed by atoms with E-state index in [1.54, 1.807) is 0 Å². The molecule has 34 valence electrons. The van der Waals surface area contributed by atoms with Crippen LogP contribution < -0.4 is 0 Å². The topological polar surface area (TPSA) is 0 Å². The Bertz CT molecular complexity index is 57.1. The van der Waals surface area contributed by atoms with E-state index in [-0.39, 0.29) is 0 Å². The molecule has 0 aromatic carbocycles. The van der Waals surface area contributed by atoms with Gasteiger partial charge in [-0.25, -0.2) is 0 Å². The summed E-state index contributed by atoms with van der Waals surface area (Å²) in [7, 11) is 0. The Kier molecular flexibility index (Phi) is 1.57. The molecule has 0 fully saturated rings. The largest absolute Gasteiger partial charge is 0.456 e. The van der Waals surface area contributed by atoms with Gasteiger partial charge in [0.25, 0.3) is 0 Å². The fourth-order valence-electron chi connectivity index (χ4n) is 0. The summed E-state index contributed by atoms with van der Waals surface area (Å²) < 4.78 is 32.0. The summed E-state index contributed by atoms with van der Waals surface area (Å²) in [6.45, 7) is 2.30. The molecule has 0 amide bonds. The number of hydrogen-bond donors (Lipinski definition) is 0. The van der Waals surface area contributed by atoms with E-state index in [0.717, 1.165) is 0 Å². The summed E-state index contributed by atoms with van der Waals surface area (Å²) in [5.74, 6) is -1.66. The van der Waals surface area contributed by atoms with Crippen molar-refractivity contribution in [1.82, 2.24) is 0 Å². The van der Waals surface area contributed by atoms with Gasteiger partial charge in [0.05, 0.1) is 6.58 Å². The lowest BCUT2D eigenvalue weighted by molar-refractivity contribution is 0.284. The molecule has 0 aromatic rings.